The average Bonchev–Trinajstić information content (AvgIpc) is 3.28. The van der Waals surface area contributed by atoms with Crippen molar-refractivity contribution in [1.29, 1.82) is 0 Å². The lowest BCUT2D eigenvalue weighted by atomic mass is 9.89. The minimum Gasteiger partial charge on any atom is -0.352 e. The predicted octanol–water partition coefficient (Wildman–Crippen LogP) is 1.93. The summed E-state index contributed by atoms with van der Waals surface area (Å²) in [6.45, 7) is 6.52. The summed E-state index contributed by atoms with van der Waals surface area (Å²) in [7, 11) is 0. The molecule has 1 unspecified atom stereocenters. The average molecular weight is 396 g/mol. The van der Waals surface area contributed by atoms with Crippen LogP contribution in [0.25, 0.3) is 11.1 Å². The van der Waals surface area contributed by atoms with E-state index in [1.807, 2.05) is 23.2 Å². The Kier molecular flexibility index (Phi) is 6.01. The van der Waals surface area contributed by atoms with E-state index >= 15 is 0 Å². The molecule has 0 spiro atoms. The van der Waals surface area contributed by atoms with Gasteiger partial charge >= 0.3 is 0 Å². The third-order valence-corrected chi connectivity index (χ3v) is 5.55. The summed E-state index contributed by atoms with van der Waals surface area (Å²) in [4.78, 5) is 28.2. The number of nitrogens with one attached hydrogen (secondary N) is 3. The number of carbonyl (C=O) groups is 1. The Balaban J connectivity index is 1.54. The maximum absolute atomic E-state index is 12.7. The van der Waals surface area contributed by atoms with Crippen LogP contribution in [0.4, 0.5) is 5.95 Å². The van der Waals surface area contributed by atoms with Crippen molar-refractivity contribution >= 4 is 11.9 Å². The quantitative estimate of drug-likeness (QED) is 0.712. The maximum atomic E-state index is 12.7. The number of anilines is 1. The summed E-state index contributed by atoms with van der Waals surface area (Å²) >= 11 is 0. The number of piperidine rings is 1. The third-order valence-electron chi connectivity index (χ3n) is 5.55. The van der Waals surface area contributed by atoms with Crippen molar-refractivity contribution in [2.24, 2.45) is 0 Å². The summed E-state index contributed by atoms with van der Waals surface area (Å²) in [5.74, 6) is 1.16. The number of aromatic nitrogens is 3. The van der Waals surface area contributed by atoms with Gasteiger partial charge in [0.1, 0.15) is 6.04 Å². The van der Waals surface area contributed by atoms with Gasteiger partial charge in [-0.05, 0) is 50.8 Å². The number of pyridine rings is 1. The van der Waals surface area contributed by atoms with Gasteiger partial charge in [0.2, 0.25) is 11.9 Å². The van der Waals surface area contributed by atoms with Crippen LogP contribution < -0.4 is 16.2 Å². The summed E-state index contributed by atoms with van der Waals surface area (Å²) in [6.07, 6.45) is 8.16. The predicted molar refractivity (Wildman–Crippen MR) is 112 cm³/mol. The van der Waals surface area contributed by atoms with Crippen molar-refractivity contribution in [3.8, 4) is 11.1 Å². The molecule has 0 aromatic carbocycles. The molecule has 2 aromatic rings. The van der Waals surface area contributed by atoms with Crippen LogP contribution in [0.5, 0.6) is 0 Å². The molecule has 2 saturated heterocycles. The number of rotatable bonds is 5. The number of hydrogen-bond donors (Lipinski definition) is 3. The lowest BCUT2D eigenvalue weighted by Crippen LogP contribution is -2.48. The Morgan fingerprint density at radius 2 is 1.97 bits per heavy atom. The van der Waals surface area contributed by atoms with Crippen LogP contribution in [0, 0.1) is 0 Å². The third kappa shape index (κ3) is 4.54. The first kappa shape index (κ1) is 19.7. The number of likely N-dealkylation sites (tertiary alicyclic amines) is 1. The van der Waals surface area contributed by atoms with E-state index in [0.717, 1.165) is 55.7 Å². The molecule has 1 atom stereocenters. The second-order valence-corrected chi connectivity index (χ2v) is 8.04. The summed E-state index contributed by atoms with van der Waals surface area (Å²) in [5, 5.41) is 3.31. The number of nitrogens with zero attached hydrogens (tertiary/aromatic N) is 4. The second kappa shape index (κ2) is 8.84. The van der Waals surface area contributed by atoms with Crippen molar-refractivity contribution in [2.75, 3.05) is 25.0 Å². The molecule has 2 aliphatic heterocycles. The normalized spacial score (nSPS) is 20.2. The molecule has 0 radical (unpaired) electrons. The van der Waals surface area contributed by atoms with Crippen LogP contribution in [-0.4, -0.2) is 57.5 Å². The first-order chi connectivity index (χ1) is 14.1. The lowest BCUT2D eigenvalue weighted by molar-refractivity contribution is -0.134. The topological polar surface area (TPSA) is 95.1 Å². The van der Waals surface area contributed by atoms with Crippen LogP contribution in [0.15, 0.2) is 30.7 Å². The molecule has 0 saturated carbocycles. The minimum absolute atomic E-state index is 0.0974. The SMILES string of the molecule is CC(C)Nc1ncc(-c2ccncc2)c(C2CCN(C(=O)C3CCNN3)CC2)n1. The molecule has 2 aromatic heterocycles. The monoisotopic (exact) mass is 395 g/mol. The Hall–Kier alpha value is -2.58. The van der Waals surface area contributed by atoms with Gasteiger partial charge in [0, 0.05) is 55.7 Å². The molecule has 0 bridgehead atoms. The van der Waals surface area contributed by atoms with Gasteiger partial charge in [0.05, 0.1) is 5.69 Å². The van der Waals surface area contributed by atoms with Crippen molar-refractivity contribution in [3.63, 3.8) is 0 Å². The number of amides is 1. The molecule has 4 rings (SSSR count). The van der Waals surface area contributed by atoms with Gasteiger partial charge in [0.15, 0.2) is 0 Å². The van der Waals surface area contributed by atoms with E-state index in [9.17, 15) is 4.79 Å². The summed E-state index contributed by atoms with van der Waals surface area (Å²) in [5.41, 5.74) is 9.31. The lowest BCUT2D eigenvalue weighted by Gasteiger charge is -2.34. The molecule has 0 aliphatic carbocycles. The van der Waals surface area contributed by atoms with Gasteiger partial charge in [0.25, 0.3) is 0 Å². The number of hydrogen-bond acceptors (Lipinski definition) is 7. The van der Waals surface area contributed by atoms with Gasteiger partial charge in [-0.2, -0.15) is 0 Å². The standard InChI is InChI=1S/C21H29N7O/c1-14(2)25-21-23-13-17(15-3-8-22-9-4-15)19(26-21)16-6-11-28(12-7-16)20(29)18-5-10-24-27-18/h3-4,8-9,13-14,16,18,24,27H,5-7,10-12H2,1-2H3,(H,23,25,26). The molecule has 2 fully saturated rings. The van der Waals surface area contributed by atoms with E-state index in [1.165, 1.54) is 0 Å². The number of hydrazine groups is 1. The maximum Gasteiger partial charge on any atom is 0.241 e. The molecule has 4 heterocycles. The molecular weight excluding hydrogens is 366 g/mol. The molecule has 1 amide bonds. The van der Waals surface area contributed by atoms with E-state index < -0.39 is 0 Å². The molecule has 8 heteroatoms. The fourth-order valence-corrected chi connectivity index (χ4v) is 4.05. The highest BCUT2D eigenvalue weighted by Crippen LogP contribution is 2.34. The van der Waals surface area contributed by atoms with Crippen LogP contribution in [-0.2, 0) is 4.79 Å². The zero-order chi connectivity index (χ0) is 20.2. The van der Waals surface area contributed by atoms with E-state index in [0.29, 0.717) is 11.9 Å². The first-order valence-corrected chi connectivity index (χ1v) is 10.4. The molecule has 3 N–H and O–H groups in total. The van der Waals surface area contributed by atoms with E-state index in [2.05, 4.69) is 40.0 Å². The van der Waals surface area contributed by atoms with Crippen LogP contribution in [0.1, 0.15) is 44.7 Å². The number of carbonyl (C=O) groups excluding carboxylic acids is 1. The highest BCUT2D eigenvalue weighted by molar-refractivity contribution is 5.82. The Morgan fingerprint density at radius 3 is 2.62 bits per heavy atom. The Bertz CT molecular complexity index is 828. The zero-order valence-corrected chi connectivity index (χ0v) is 17.1. The van der Waals surface area contributed by atoms with Crippen molar-refractivity contribution < 1.29 is 4.79 Å². The van der Waals surface area contributed by atoms with Gasteiger partial charge in [-0.25, -0.2) is 15.4 Å². The molecule has 29 heavy (non-hydrogen) atoms. The fraction of sp³-hybridized carbons (Fsp3) is 0.524. The van der Waals surface area contributed by atoms with Crippen LogP contribution in [0.3, 0.4) is 0 Å². The van der Waals surface area contributed by atoms with Crippen molar-refractivity contribution in [3.05, 3.63) is 36.4 Å². The fourth-order valence-electron chi connectivity index (χ4n) is 4.05. The second-order valence-electron chi connectivity index (χ2n) is 8.04. The molecule has 8 nitrogen and oxygen atoms in total. The summed E-state index contributed by atoms with van der Waals surface area (Å²) < 4.78 is 0. The van der Waals surface area contributed by atoms with E-state index in [4.69, 9.17) is 4.98 Å². The molecule has 2 aliphatic rings. The Labute approximate surface area is 171 Å². The molecular formula is C21H29N7O. The van der Waals surface area contributed by atoms with Gasteiger partial charge < -0.3 is 10.2 Å². The van der Waals surface area contributed by atoms with Crippen LogP contribution >= 0.6 is 0 Å². The van der Waals surface area contributed by atoms with Crippen molar-refractivity contribution in [2.45, 2.75) is 51.1 Å². The van der Waals surface area contributed by atoms with Gasteiger partial charge in [-0.3, -0.25) is 15.2 Å². The minimum atomic E-state index is -0.0974. The highest BCUT2D eigenvalue weighted by Gasteiger charge is 2.31. The smallest absolute Gasteiger partial charge is 0.241 e. The van der Waals surface area contributed by atoms with Crippen molar-refractivity contribution in [1.82, 2.24) is 30.7 Å². The first-order valence-electron chi connectivity index (χ1n) is 10.4. The summed E-state index contributed by atoms with van der Waals surface area (Å²) in [6, 6.07) is 4.16. The molecule has 154 valence electrons. The highest BCUT2D eigenvalue weighted by atomic mass is 16.2. The zero-order valence-electron chi connectivity index (χ0n) is 17.1. The van der Waals surface area contributed by atoms with Crippen LogP contribution in [0.2, 0.25) is 0 Å². The van der Waals surface area contributed by atoms with Gasteiger partial charge in [-0.15, -0.1) is 0 Å². The Morgan fingerprint density at radius 1 is 1.21 bits per heavy atom. The van der Waals surface area contributed by atoms with E-state index in [-0.39, 0.29) is 18.0 Å². The largest absolute Gasteiger partial charge is 0.352 e. The van der Waals surface area contributed by atoms with Gasteiger partial charge in [-0.1, -0.05) is 0 Å². The van der Waals surface area contributed by atoms with E-state index in [1.54, 1.807) is 12.4 Å².